The largest absolute Gasteiger partial charge is 0.296 e. The maximum absolute atomic E-state index is 12.2. The number of benzene rings is 1. The lowest BCUT2D eigenvalue weighted by molar-refractivity contribution is -0.135. The second-order valence-electron chi connectivity index (χ2n) is 4.62. The van der Waals surface area contributed by atoms with Gasteiger partial charge in [0.1, 0.15) is 0 Å². The Hall–Kier alpha value is -1.53. The van der Waals surface area contributed by atoms with Gasteiger partial charge in [0.15, 0.2) is 0 Å². The molecule has 3 rings (SSSR count). The highest BCUT2D eigenvalue weighted by atomic mass is 79.9. The van der Waals surface area contributed by atoms with Crippen molar-refractivity contribution < 1.29 is 9.59 Å². The van der Waals surface area contributed by atoms with Gasteiger partial charge in [0.25, 0.3) is 0 Å². The number of nitrogens with zero attached hydrogens (tertiary/aromatic N) is 1. The standard InChI is InChI=1S/C14H11BrN2O2S/c15-9-3-1-8(2-4-9)12-10(14-16-5-6-20-14)7-11(18)17-13(12)19/h1-6,10,12H,7H2,(H,17,18,19). The van der Waals surface area contributed by atoms with Crippen LogP contribution in [-0.4, -0.2) is 16.8 Å². The summed E-state index contributed by atoms with van der Waals surface area (Å²) in [5.41, 5.74) is 0.901. The quantitative estimate of drug-likeness (QED) is 0.847. The van der Waals surface area contributed by atoms with Gasteiger partial charge in [-0.1, -0.05) is 28.1 Å². The van der Waals surface area contributed by atoms with Crippen LogP contribution in [0, 0.1) is 0 Å². The van der Waals surface area contributed by atoms with Crippen LogP contribution in [0.5, 0.6) is 0 Å². The van der Waals surface area contributed by atoms with Crippen LogP contribution in [0.25, 0.3) is 0 Å². The lowest BCUT2D eigenvalue weighted by Crippen LogP contribution is -2.43. The van der Waals surface area contributed by atoms with Crippen LogP contribution in [0.3, 0.4) is 0 Å². The summed E-state index contributed by atoms with van der Waals surface area (Å²) < 4.78 is 0.958. The Kier molecular flexibility index (Phi) is 3.67. The molecule has 1 aromatic carbocycles. The van der Waals surface area contributed by atoms with Crippen molar-refractivity contribution in [3.8, 4) is 0 Å². The van der Waals surface area contributed by atoms with E-state index in [1.165, 1.54) is 11.3 Å². The third kappa shape index (κ3) is 2.53. The minimum atomic E-state index is -0.369. The molecule has 0 bridgehead atoms. The average molecular weight is 351 g/mol. The first-order valence-electron chi connectivity index (χ1n) is 6.13. The maximum atomic E-state index is 12.2. The number of thiazole rings is 1. The van der Waals surface area contributed by atoms with Gasteiger partial charge in [-0.05, 0) is 17.7 Å². The van der Waals surface area contributed by atoms with Gasteiger partial charge in [-0.25, -0.2) is 4.98 Å². The molecule has 0 saturated carbocycles. The fourth-order valence-electron chi connectivity index (χ4n) is 2.47. The predicted octanol–water partition coefficient (Wildman–Crippen LogP) is 2.82. The highest BCUT2D eigenvalue weighted by Gasteiger charge is 2.39. The van der Waals surface area contributed by atoms with Gasteiger partial charge in [-0.15, -0.1) is 11.3 Å². The number of carbonyl (C=O) groups is 2. The first-order valence-corrected chi connectivity index (χ1v) is 7.81. The number of hydrogen-bond donors (Lipinski definition) is 1. The molecular formula is C14H11BrN2O2S. The first-order chi connectivity index (χ1) is 9.65. The number of hydrogen-bond acceptors (Lipinski definition) is 4. The zero-order valence-corrected chi connectivity index (χ0v) is 12.8. The van der Waals surface area contributed by atoms with E-state index in [9.17, 15) is 9.59 Å². The highest BCUT2D eigenvalue weighted by molar-refractivity contribution is 9.10. The molecule has 2 heterocycles. The van der Waals surface area contributed by atoms with Crippen molar-refractivity contribution in [1.29, 1.82) is 0 Å². The van der Waals surface area contributed by atoms with Crippen LogP contribution in [0.4, 0.5) is 0 Å². The van der Waals surface area contributed by atoms with Crippen molar-refractivity contribution >= 4 is 39.1 Å². The summed E-state index contributed by atoms with van der Waals surface area (Å²) in [6, 6.07) is 7.62. The molecule has 0 aliphatic carbocycles. The minimum Gasteiger partial charge on any atom is -0.296 e. The summed E-state index contributed by atoms with van der Waals surface area (Å²) in [5, 5.41) is 5.12. The number of aromatic nitrogens is 1. The van der Waals surface area contributed by atoms with Crippen molar-refractivity contribution in [3.63, 3.8) is 0 Å². The smallest absolute Gasteiger partial charge is 0.234 e. The van der Waals surface area contributed by atoms with Gasteiger partial charge in [0.05, 0.1) is 10.9 Å². The molecule has 1 fully saturated rings. The zero-order chi connectivity index (χ0) is 14.1. The Morgan fingerprint density at radius 3 is 2.65 bits per heavy atom. The maximum Gasteiger partial charge on any atom is 0.234 e. The van der Waals surface area contributed by atoms with E-state index in [0.717, 1.165) is 15.0 Å². The van der Waals surface area contributed by atoms with E-state index in [1.54, 1.807) is 6.20 Å². The number of amides is 2. The summed E-state index contributed by atoms with van der Waals surface area (Å²) in [6.45, 7) is 0. The van der Waals surface area contributed by atoms with Crippen molar-refractivity contribution in [2.45, 2.75) is 18.3 Å². The van der Waals surface area contributed by atoms with Crippen molar-refractivity contribution in [3.05, 3.63) is 50.9 Å². The normalized spacial score (nSPS) is 22.6. The van der Waals surface area contributed by atoms with E-state index in [1.807, 2.05) is 29.6 Å². The summed E-state index contributed by atoms with van der Waals surface area (Å²) in [4.78, 5) is 28.2. The summed E-state index contributed by atoms with van der Waals surface area (Å²) in [6.07, 6.45) is 2.00. The number of halogens is 1. The predicted molar refractivity (Wildman–Crippen MR) is 79.5 cm³/mol. The molecule has 1 N–H and O–H groups in total. The Bertz CT molecular complexity index is 640. The molecule has 1 aromatic heterocycles. The molecule has 1 aliphatic rings. The van der Waals surface area contributed by atoms with Gasteiger partial charge >= 0.3 is 0 Å². The molecule has 2 atom stereocenters. The van der Waals surface area contributed by atoms with Gasteiger partial charge in [-0.3, -0.25) is 14.9 Å². The summed E-state index contributed by atoms with van der Waals surface area (Å²) in [7, 11) is 0. The number of piperidine rings is 1. The molecule has 0 spiro atoms. The van der Waals surface area contributed by atoms with Crippen LogP contribution in [0.1, 0.15) is 28.8 Å². The summed E-state index contributed by atoms with van der Waals surface area (Å²) >= 11 is 4.87. The molecular weight excluding hydrogens is 340 g/mol. The number of rotatable bonds is 2. The molecule has 2 unspecified atom stereocenters. The van der Waals surface area contributed by atoms with Crippen molar-refractivity contribution in [2.24, 2.45) is 0 Å². The SMILES string of the molecule is O=C1CC(c2nccs2)C(c2ccc(Br)cc2)C(=O)N1. The Balaban J connectivity index is 2.01. The fourth-order valence-corrected chi connectivity index (χ4v) is 3.51. The Labute approximate surface area is 128 Å². The van der Waals surface area contributed by atoms with E-state index in [-0.39, 0.29) is 23.7 Å². The topological polar surface area (TPSA) is 59.1 Å². The van der Waals surface area contributed by atoms with Crippen LogP contribution in [0.15, 0.2) is 40.3 Å². The number of nitrogens with one attached hydrogen (secondary N) is 1. The van der Waals surface area contributed by atoms with Crippen LogP contribution < -0.4 is 5.32 Å². The molecule has 2 aromatic rings. The van der Waals surface area contributed by atoms with Crippen molar-refractivity contribution in [1.82, 2.24) is 10.3 Å². The molecule has 0 radical (unpaired) electrons. The third-order valence-corrected chi connectivity index (χ3v) is 4.79. The number of carbonyl (C=O) groups excluding carboxylic acids is 2. The molecule has 102 valence electrons. The van der Waals surface area contributed by atoms with Crippen LogP contribution in [-0.2, 0) is 9.59 Å². The van der Waals surface area contributed by atoms with E-state index in [0.29, 0.717) is 6.42 Å². The van der Waals surface area contributed by atoms with Crippen LogP contribution >= 0.6 is 27.3 Å². The van der Waals surface area contributed by atoms with Gasteiger partial charge in [0.2, 0.25) is 11.8 Å². The van der Waals surface area contributed by atoms with Gasteiger partial charge in [0, 0.05) is 28.4 Å². The Morgan fingerprint density at radius 2 is 2.00 bits per heavy atom. The average Bonchev–Trinajstić information content (AvgIpc) is 2.93. The van der Waals surface area contributed by atoms with E-state index >= 15 is 0 Å². The second kappa shape index (κ2) is 5.46. The molecule has 4 nitrogen and oxygen atoms in total. The van der Waals surface area contributed by atoms with Crippen molar-refractivity contribution in [2.75, 3.05) is 0 Å². The van der Waals surface area contributed by atoms with Gasteiger partial charge in [-0.2, -0.15) is 0 Å². The van der Waals surface area contributed by atoms with Gasteiger partial charge < -0.3 is 0 Å². The molecule has 1 saturated heterocycles. The van der Waals surface area contributed by atoms with E-state index < -0.39 is 0 Å². The fraction of sp³-hybridized carbons (Fsp3) is 0.214. The second-order valence-corrected chi connectivity index (χ2v) is 6.46. The minimum absolute atomic E-state index is 0.183. The lowest BCUT2D eigenvalue weighted by atomic mass is 9.81. The Morgan fingerprint density at radius 1 is 1.25 bits per heavy atom. The van der Waals surface area contributed by atoms with E-state index in [4.69, 9.17) is 0 Å². The molecule has 2 amide bonds. The highest BCUT2D eigenvalue weighted by Crippen LogP contribution is 2.39. The zero-order valence-electron chi connectivity index (χ0n) is 10.4. The third-order valence-electron chi connectivity index (χ3n) is 3.35. The number of imide groups is 1. The van der Waals surface area contributed by atoms with Crippen LogP contribution in [0.2, 0.25) is 0 Å². The lowest BCUT2D eigenvalue weighted by Gasteiger charge is -2.29. The molecule has 1 aliphatic heterocycles. The monoisotopic (exact) mass is 350 g/mol. The first kappa shape index (κ1) is 13.5. The molecule has 6 heteroatoms. The summed E-state index contributed by atoms with van der Waals surface area (Å²) in [5.74, 6) is -1.03. The molecule has 20 heavy (non-hydrogen) atoms. The van der Waals surface area contributed by atoms with E-state index in [2.05, 4.69) is 26.2 Å².